The lowest BCUT2D eigenvalue weighted by molar-refractivity contribution is 0.160. The summed E-state index contributed by atoms with van der Waals surface area (Å²) in [4.78, 5) is 0. The zero-order valence-electron chi connectivity index (χ0n) is 6.42. The van der Waals surface area contributed by atoms with Crippen molar-refractivity contribution >= 4 is 0 Å². The summed E-state index contributed by atoms with van der Waals surface area (Å²) in [6, 6.07) is 1.90. The lowest BCUT2D eigenvalue weighted by atomic mass is 10.1. The van der Waals surface area contributed by atoms with Crippen LogP contribution in [0.5, 0.6) is 0 Å². The standard InChI is InChI=1S/C8H11NO2/c1-5-2-6-7(10)3-9-4-8(6)11-5/h2,7,9-10H,3-4H2,1H3. The van der Waals surface area contributed by atoms with E-state index < -0.39 is 6.10 Å². The van der Waals surface area contributed by atoms with E-state index in [9.17, 15) is 5.11 Å². The zero-order valence-corrected chi connectivity index (χ0v) is 6.42. The summed E-state index contributed by atoms with van der Waals surface area (Å²) in [5.41, 5.74) is 0.946. The lowest BCUT2D eigenvalue weighted by Crippen LogP contribution is -2.26. The Morgan fingerprint density at radius 1 is 1.73 bits per heavy atom. The molecule has 0 saturated carbocycles. The van der Waals surface area contributed by atoms with E-state index in [2.05, 4.69) is 5.32 Å². The summed E-state index contributed by atoms with van der Waals surface area (Å²) in [5, 5.41) is 12.5. The maximum absolute atomic E-state index is 9.45. The van der Waals surface area contributed by atoms with Crippen molar-refractivity contribution in [2.45, 2.75) is 19.6 Å². The highest BCUT2D eigenvalue weighted by molar-refractivity contribution is 5.25. The van der Waals surface area contributed by atoms with E-state index in [1.54, 1.807) is 0 Å². The van der Waals surface area contributed by atoms with Crippen LogP contribution < -0.4 is 5.32 Å². The molecule has 0 saturated heterocycles. The zero-order chi connectivity index (χ0) is 7.84. The fraction of sp³-hybridized carbons (Fsp3) is 0.500. The highest BCUT2D eigenvalue weighted by atomic mass is 16.3. The molecule has 1 aromatic heterocycles. The summed E-state index contributed by atoms with van der Waals surface area (Å²) in [6.45, 7) is 3.26. The highest BCUT2D eigenvalue weighted by Crippen LogP contribution is 2.24. The Labute approximate surface area is 65.0 Å². The minimum atomic E-state index is -0.392. The molecule has 1 aromatic rings. The number of furan rings is 1. The van der Waals surface area contributed by atoms with E-state index >= 15 is 0 Å². The number of aliphatic hydroxyl groups excluding tert-OH is 1. The largest absolute Gasteiger partial charge is 0.465 e. The molecule has 1 aliphatic rings. The average Bonchev–Trinajstić information content (AvgIpc) is 2.31. The maximum atomic E-state index is 9.45. The molecule has 2 rings (SSSR count). The molecule has 0 radical (unpaired) electrons. The quantitative estimate of drug-likeness (QED) is 0.577. The van der Waals surface area contributed by atoms with Gasteiger partial charge in [-0.15, -0.1) is 0 Å². The number of β-amino-alcohol motifs (C(OH)–C–C–N with tert-alkyl or cyclic N) is 1. The summed E-state index contributed by atoms with van der Waals surface area (Å²) < 4.78 is 5.35. The van der Waals surface area contributed by atoms with Gasteiger partial charge in [-0.1, -0.05) is 0 Å². The van der Waals surface area contributed by atoms with Crippen molar-refractivity contribution in [3.05, 3.63) is 23.2 Å². The molecule has 0 amide bonds. The van der Waals surface area contributed by atoms with Crippen molar-refractivity contribution in [2.24, 2.45) is 0 Å². The number of fused-ring (bicyclic) bond motifs is 1. The predicted octanol–water partition coefficient (Wildman–Crippen LogP) is 0.725. The second-order valence-corrected chi connectivity index (χ2v) is 2.88. The Balaban J connectivity index is 2.43. The molecular weight excluding hydrogens is 142 g/mol. The van der Waals surface area contributed by atoms with Gasteiger partial charge in [0.2, 0.25) is 0 Å². The molecule has 1 atom stereocenters. The van der Waals surface area contributed by atoms with Crippen molar-refractivity contribution in [3.8, 4) is 0 Å². The Hall–Kier alpha value is -0.800. The number of nitrogens with one attached hydrogen (secondary N) is 1. The molecule has 1 unspecified atom stereocenters. The van der Waals surface area contributed by atoms with Crippen molar-refractivity contribution in [2.75, 3.05) is 6.54 Å². The van der Waals surface area contributed by atoms with Crippen molar-refractivity contribution < 1.29 is 9.52 Å². The monoisotopic (exact) mass is 153 g/mol. The van der Waals surface area contributed by atoms with Crippen molar-refractivity contribution in [1.29, 1.82) is 0 Å². The Bertz CT molecular complexity index is 267. The fourth-order valence-electron chi connectivity index (χ4n) is 1.43. The minimum Gasteiger partial charge on any atom is -0.465 e. The number of aliphatic hydroxyl groups is 1. The predicted molar refractivity (Wildman–Crippen MR) is 40.1 cm³/mol. The van der Waals surface area contributed by atoms with Gasteiger partial charge in [0.1, 0.15) is 11.5 Å². The van der Waals surface area contributed by atoms with Crippen molar-refractivity contribution in [3.63, 3.8) is 0 Å². The molecule has 60 valence electrons. The first-order chi connectivity index (χ1) is 5.27. The molecule has 2 heterocycles. The third kappa shape index (κ3) is 1.06. The van der Waals surface area contributed by atoms with Gasteiger partial charge in [-0.2, -0.15) is 0 Å². The van der Waals surface area contributed by atoms with E-state index in [1.807, 2.05) is 13.0 Å². The molecule has 11 heavy (non-hydrogen) atoms. The molecule has 0 aliphatic carbocycles. The van der Waals surface area contributed by atoms with E-state index in [0.29, 0.717) is 6.54 Å². The van der Waals surface area contributed by atoms with Crippen LogP contribution in [0.2, 0.25) is 0 Å². The van der Waals surface area contributed by atoms with Gasteiger partial charge < -0.3 is 14.8 Å². The van der Waals surface area contributed by atoms with E-state index in [0.717, 1.165) is 23.6 Å². The van der Waals surface area contributed by atoms with Gasteiger partial charge in [-0.3, -0.25) is 0 Å². The first-order valence-corrected chi connectivity index (χ1v) is 3.75. The molecule has 1 aliphatic heterocycles. The van der Waals surface area contributed by atoms with E-state index in [1.165, 1.54) is 0 Å². The van der Waals surface area contributed by atoms with Crippen LogP contribution in [-0.2, 0) is 6.54 Å². The lowest BCUT2D eigenvalue weighted by Gasteiger charge is -2.16. The molecule has 3 nitrogen and oxygen atoms in total. The third-order valence-electron chi connectivity index (χ3n) is 1.95. The van der Waals surface area contributed by atoms with E-state index in [-0.39, 0.29) is 0 Å². The fourth-order valence-corrected chi connectivity index (χ4v) is 1.43. The Morgan fingerprint density at radius 2 is 2.55 bits per heavy atom. The molecule has 0 aromatic carbocycles. The Kier molecular flexibility index (Phi) is 1.47. The van der Waals surface area contributed by atoms with Crippen LogP contribution in [0, 0.1) is 6.92 Å². The van der Waals surface area contributed by atoms with Crippen LogP contribution in [0.3, 0.4) is 0 Å². The number of hydrogen-bond acceptors (Lipinski definition) is 3. The van der Waals surface area contributed by atoms with Gasteiger partial charge in [-0.05, 0) is 13.0 Å². The van der Waals surface area contributed by atoms with Gasteiger partial charge in [0.05, 0.1) is 12.6 Å². The van der Waals surface area contributed by atoms with Gasteiger partial charge in [0.25, 0.3) is 0 Å². The molecule has 2 N–H and O–H groups in total. The summed E-state index contributed by atoms with van der Waals surface area (Å²) >= 11 is 0. The van der Waals surface area contributed by atoms with Crippen LogP contribution in [-0.4, -0.2) is 11.7 Å². The maximum Gasteiger partial charge on any atom is 0.123 e. The minimum absolute atomic E-state index is 0.392. The SMILES string of the molecule is Cc1cc2c(o1)CNCC2O. The second kappa shape index (κ2) is 2.36. The van der Waals surface area contributed by atoms with Crippen molar-refractivity contribution in [1.82, 2.24) is 5.32 Å². The Morgan fingerprint density at radius 3 is 3.27 bits per heavy atom. The van der Waals surface area contributed by atoms with Crippen LogP contribution in [0.1, 0.15) is 23.2 Å². The summed E-state index contributed by atoms with van der Waals surface area (Å²) in [5.74, 6) is 1.75. The topological polar surface area (TPSA) is 45.4 Å². The van der Waals surface area contributed by atoms with Gasteiger partial charge in [0, 0.05) is 12.1 Å². The molecular formula is C8H11NO2. The number of rotatable bonds is 0. The number of aryl methyl sites for hydroxylation is 1. The number of hydrogen-bond donors (Lipinski definition) is 2. The van der Waals surface area contributed by atoms with Crippen LogP contribution in [0.15, 0.2) is 10.5 Å². The third-order valence-corrected chi connectivity index (χ3v) is 1.95. The normalized spacial score (nSPS) is 23.3. The van der Waals surface area contributed by atoms with Gasteiger partial charge in [0.15, 0.2) is 0 Å². The first kappa shape index (κ1) is 6.88. The van der Waals surface area contributed by atoms with E-state index in [4.69, 9.17) is 4.42 Å². The first-order valence-electron chi connectivity index (χ1n) is 3.75. The molecule has 0 fully saturated rings. The van der Waals surface area contributed by atoms with Crippen LogP contribution >= 0.6 is 0 Å². The summed E-state index contributed by atoms with van der Waals surface area (Å²) in [7, 11) is 0. The van der Waals surface area contributed by atoms with Gasteiger partial charge >= 0.3 is 0 Å². The second-order valence-electron chi connectivity index (χ2n) is 2.88. The molecule has 3 heteroatoms. The van der Waals surface area contributed by atoms with Crippen LogP contribution in [0.25, 0.3) is 0 Å². The molecule has 0 spiro atoms. The highest BCUT2D eigenvalue weighted by Gasteiger charge is 2.20. The molecule has 0 bridgehead atoms. The smallest absolute Gasteiger partial charge is 0.123 e. The van der Waals surface area contributed by atoms with Crippen LogP contribution in [0.4, 0.5) is 0 Å². The average molecular weight is 153 g/mol. The van der Waals surface area contributed by atoms with Gasteiger partial charge in [-0.25, -0.2) is 0 Å². The summed E-state index contributed by atoms with van der Waals surface area (Å²) in [6.07, 6.45) is -0.392.